The second-order valence-corrected chi connectivity index (χ2v) is 6.85. The number of aliphatic imine (C=N–C) groups is 1. The van der Waals surface area contributed by atoms with Crippen LogP contribution in [0.25, 0.3) is 5.70 Å². The van der Waals surface area contributed by atoms with Crippen molar-refractivity contribution in [1.82, 2.24) is 10.6 Å². The van der Waals surface area contributed by atoms with Crippen molar-refractivity contribution in [3.05, 3.63) is 70.8 Å². The Balaban J connectivity index is 1.83. The van der Waals surface area contributed by atoms with Gasteiger partial charge in [-0.05, 0) is 54.7 Å². The van der Waals surface area contributed by atoms with Crippen LogP contribution in [0.15, 0.2) is 48.0 Å². The number of nitriles is 1. The number of fused-ring (bicyclic) bond motifs is 1. The molecule has 2 aromatic rings. The van der Waals surface area contributed by atoms with Gasteiger partial charge in [0.1, 0.15) is 17.7 Å². The maximum atomic E-state index is 11.8. The van der Waals surface area contributed by atoms with E-state index >= 15 is 0 Å². The van der Waals surface area contributed by atoms with Crippen molar-refractivity contribution >= 4 is 17.6 Å². The molecule has 7 nitrogen and oxygen atoms in total. The first kappa shape index (κ1) is 20.9. The topological polar surface area (TPSA) is 107 Å². The molecule has 154 valence electrons. The number of carbonyl (C=O) groups is 1. The van der Waals surface area contributed by atoms with Gasteiger partial charge in [-0.1, -0.05) is 24.8 Å². The zero-order valence-corrected chi connectivity index (χ0v) is 17.0. The van der Waals surface area contributed by atoms with Gasteiger partial charge in [0.25, 0.3) is 0 Å². The van der Waals surface area contributed by atoms with Gasteiger partial charge < -0.3 is 20.5 Å². The van der Waals surface area contributed by atoms with Gasteiger partial charge in [-0.25, -0.2) is 4.79 Å². The SMILES string of the molecule is C=C(NC(=NC)c1cccc2c1CCC2NC(=O)OCC)c1ccc(O)c(C#N)c1. The lowest BCUT2D eigenvalue weighted by molar-refractivity contribution is 0.148. The van der Waals surface area contributed by atoms with Crippen LogP contribution in [0.3, 0.4) is 0 Å². The molecule has 30 heavy (non-hydrogen) atoms. The van der Waals surface area contributed by atoms with Crippen LogP contribution in [-0.4, -0.2) is 30.7 Å². The van der Waals surface area contributed by atoms with E-state index in [4.69, 9.17) is 10.00 Å². The van der Waals surface area contributed by atoms with Crippen molar-refractivity contribution < 1.29 is 14.6 Å². The summed E-state index contributed by atoms with van der Waals surface area (Å²) < 4.78 is 5.01. The predicted octanol–water partition coefficient (Wildman–Crippen LogP) is 3.63. The van der Waals surface area contributed by atoms with E-state index in [2.05, 4.69) is 22.2 Å². The number of benzene rings is 2. The van der Waals surface area contributed by atoms with E-state index in [-0.39, 0.29) is 17.4 Å². The average molecular weight is 404 g/mol. The quantitative estimate of drug-likeness (QED) is 0.521. The summed E-state index contributed by atoms with van der Waals surface area (Å²) in [5, 5.41) is 25.0. The minimum atomic E-state index is -0.419. The molecule has 1 aliphatic carbocycles. The van der Waals surface area contributed by atoms with Gasteiger partial charge in [-0.2, -0.15) is 5.26 Å². The summed E-state index contributed by atoms with van der Waals surface area (Å²) in [6.07, 6.45) is 1.16. The maximum absolute atomic E-state index is 11.8. The monoisotopic (exact) mass is 404 g/mol. The Labute approximate surface area is 175 Å². The number of hydrogen-bond acceptors (Lipinski definition) is 5. The van der Waals surface area contributed by atoms with Crippen LogP contribution in [-0.2, 0) is 11.2 Å². The molecule has 0 aliphatic heterocycles. The van der Waals surface area contributed by atoms with E-state index in [1.165, 1.54) is 6.07 Å². The normalized spacial score (nSPS) is 15.1. The summed E-state index contributed by atoms with van der Waals surface area (Å²) >= 11 is 0. The highest BCUT2D eigenvalue weighted by molar-refractivity contribution is 6.04. The Morgan fingerprint density at radius 1 is 1.40 bits per heavy atom. The van der Waals surface area contributed by atoms with Gasteiger partial charge in [-0.3, -0.25) is 4.99 Å². The number of aromatic hydroxyl groups is 1. The first-order valence-electron chi connectivity index (χ1n) is 9.70. The predicted molar refractivity (Wildman–Crippen MR) is 115 cm³/mol. The number of nitrogens with zero attached hydrogens (tertiary/aromatic N) is 2. The number of phenolic OH excluding ortho intramolecular Hbond substituents is 1. The van der Waals surface area contributed by atoms with Crippen LogP contribution in [0.5, 0.6) is 5.75 Å². The average Bonchev–Trinajstić information content (AvgIpc) is 3.15. The van der Waals surface area contributed by atoms with E-state index in [1.807, 2.05) is 24.3 Å². The molecule has 0 radical (unpaired) electrons. The van der Waals surface area contributed by atoms with Gasteiger partial charge in [0.15, 0.2) is 0 Å². The standard InChI is InChI=1S/C23H24N4O3/c1-4-30-23(29)27-20-10-9-17-18(20)6-5-7-19(17)22(25-3)26-14(2)15-8-11-21(28)16(12-15)13-24/h5-8,11-12,20,28H,2,4,9-10H2,1,3H3,(H,25,26)(H,27,29). The van der Waals surface area contributed by atoms with Gasteiger partial charge in [0.2, 0.25) is 0 Å². The van der Waals surface area contributed by atoms with Gasteiger partial charge in [0.05, 0.1) is 18.2 Å². The largest absolute Gasteiger partial charge is 0.507 e. The lowest BCUT2D eigenvalue weighted by Gasteiger charge is -2.17. The number of rotatable bonds is 5. The highest BCUT2D eigenvalue weighted by Crippen LogP contribution is 2.34. The smallest absolute Gasteiger partial charge is 0.407 e. The Bertz CT molecular complexity index is 1050. The third-order valence-electron chi connectivity index (χ3n) is 5.05. The zero-order chi connectivity index (χ0) is 21.7. The number of carbonyl (C=O) groups excluding carboxylic acids is 1. The molecule has 1 unspecified atom stereocenters. The first-order valence-corrected chi connectivity index (χ1v) is 9.70. The highest BCUT2D eigenvalue weighted by Gasteiger charge is 2.27. The third kappa shape index (κ3) is 4.28. The van der Waals surface area contributed by atoms with Gasteiger partial charge in [0, 0.05) is 18.3 Å². The third-order valence-corrected chi connectivity index (χ3v) is 5.05. The van der Waals surface area contributed by atoms with Crippen LogP contribution >= 0.6 is 0 Å². The molecule has 1 atom stereocenters. The Hall–Kier alpha value is -3.79. The summed E-state index contributed by atoms with van der Waals surface area (Å²) in [6.45, 7) is 6.16. The molecule has 7 heteroatoms. The highest BCUT2D eigenvalue weighted by atomic mass is 16.5. The minimum absolute atomic E-state index is 0.0700. The Kier molecular flexibility index (Phi) is 6.38. The molecule has 1 aliphatic rings. The summed E-state index contributed by atoms with van der Waals surface area (Å²) in [7, 11) is 1.69. The van der Waals surface area contributed by atoms with Crippen LogP contribution in [0.1, 0.15) is 47.2 Å². The van der Waals surface area contributed by atoms with Crippen LogP contribution < -0.4 is 10.6 Å². The number of phenols is 1. The molecule has 0 fully saturated rings. The molecule has 0 saturated heterocycles. The second kappa shape index (κ2) is 9.14. The summed E-state index contributed by atoms with van der Waals surface area (Å²) in [4.78, 5) is 16.2. The van der Waals surface area contributed by atoms with Crippen molar-refractivity contribution in [2.75, 3.05) is 13.7 Å². The molecule has 2 aromatic carbocycles. The van der Waals surface area contributed by atoms with Gasteiger partial charge in [-0.15, -0.1) is 0 Å². The molecule has 0 aromatic heterocycles. The van der Waals surface area contributed by atoms with Crippen LogP contribution in [0.4, 0.5) is 4.79 Å². The molecule has 3 N–H and O–H groups in total. The molecule has 0 saturated carbocycles. The van der Waals surface area contributed by atoms with E-state index < -0.39 is 6.09 Å². The van der Waals surface area contributed by atoms with Gasteiger partial charge >= 0.3 is 6.09 Å². The number of amides is 1. The number of ether oxygens (including phenoxy) is 1. The van der Waals surface area contributed by atoms with Crippen molar-refractivity contribution in [3.63, 3.8) is 0 Å². The molecule has 1 amide bonds. The van der Waals surface area contributed by atoms with E-state index in [1.54, 1.807) is 26.1 Å². The lowest BCUT2D eigenvalue weighted by atomic mass is 10.0. The van der Waals surface area contributed by atoms with Crippen molar-refractivity contribution in [3.8, 4) is 11.8 Å². The zero-order valence-electron chi connectivity index (χ0n) is 17.0. The lowest BCUT2D eigenvalue weighted by Crippen LogP contribution is -2.28. The molecule has 0 spiro atoms. The van der Waals surface area contributed by atoms with Crippen LogP contribution in [0, 0.1) is 11.3 Å². The fraction of sp³-hybridized carbons (Fsp3) is 0.261. The summed E-state index contributed by atoms with van der Waals surface area (Å²) in [5.41, 5.74) is 4.51. The van der Waals surface area contributed by atoms with Crippen molar-refractivity contribution in [1.29, 1.82) is 5.26 Å². The number of nitrogens with one attached hydrogen (secondary N) is 2. The van der Waals surface area contributed by atoms with E-state index in [0.29, 0.717) is 23.7 Å². The summed E-state index contributed by atoms with van der Waals surface area (Å²) in [5.74, 6) is 0.569. The molecular formula is C23H24N4O3. The molecule has 3 rings (SSSR count). The number of amidine groups is 1. The summed E-state index contributed by atoms with van der Waals surface area (Å²) in [6, 6.07) is 12.5. The minimum Gasteiger partial charge on any atom is -0.507 e. The van der Waals surface area contributed by atoms with E-state index in [9.17, 15) is 9.90 Å². The Morgan fingerprint density at radius 3 is 2.90 bits per heavy atom. The maximum Gasteiger partial charge on any atom is 0.407 e. The first-order chi connectivity index (χ1) is 14.5. The fourth-order valence-electron chi connectivity index (χ4n) is 3.61. The fourth-order valence-corrected chi connectivity index (χ4v) is 3.61. The number of hydrogen-bond donors (Lipinski definition) is 3. The Morgan fingerprint density at radius 2 is 2.20 bits per heavy atom. The molecular weight excluding hydrogens is 380 g/mol. The van der Waals surface area contributed by atoms with Crippen molar-refractivity contribution in [2.45, 2.75) is 25.8 Å². The van der Waals surface area contributed by atoms with Crippen molar-refractivity contribution in [2.24, 2.45) is 4.99 Å². The van der Waals surface area contributed by atoms with Crippen LogP contribution in [0.2, 0.25) is 0 Å². The number of alkyl carbamates (subject to hydrolysis) is 1. The second-order valence-electron chi connectivity index (χ2n) is 6.85. The molecule has 0 bridgehead atoms. The van der Waals surface area contributed by atoms with E-state index in [0.717, 1.165) is 29.5 Å². The molecule has 0 heterocycles.